The maximum absolute atomic E-state index is 9.87. The van der Waals surface area contributed by atoms with E-state index in [0.29, 0.717) is 54.6 Å². The predicted molar refractivity (Wildman–Crippen MR) is 296 cm³/mol. The summed E-state index contributed by atoms with van der Waals surface area (Å²) in [5, 5.41) is 95.6. The number of hydrogen-bond donors (Lipinski definition) is 4. The number of aromatic hydroxyl groups is 4. The molecule has 4 N–H and O–H groups in total. The average molecular weight is 1100 g/mol. The number of rotatable bonds is 16. The SMILES string of the molecule is CC(C)Oc1cc(C#N)c(Sc2ccc(O)cc2)c(C#N)c1OC(C)C.CC(C)Oc1cc(C#N)c(Sc2ccc(O)cc2)c(C#N)c1OC(C)C.N#Cc1cc(O)c(O)c(C#N)c1Sc1ccc(Oc2ccccc2)cc1. The largest absolute Gasteiger partial charge is 0.508 e. The van der Waals surface area contributed by atoms with Crippen LogP contribution in [0.15, 0.2) is 151 Å². The summed E-state index contributed by atoms with van der Waals surface area (Å²) in [6.45, 7) is 15.0. The van der Waals surface area contributed by atoms with Crippen molar-refractivity contribution < 1.29 is 44.1 Å². The number of nitriles is 6. The minimum atomic E-state index is -0.530. The Labute approximate surface area is 466 Å². The van der Waals surface area contributed by atoms with Gasteiger partial charge in [0.2, 0.25) is 0 Å². The predicted octanol–water partition coefficient (Wildman–Crippen LogP) is 14.5. The topological polar surface area (TPSA) is 270 Å². The highest BCUT2D eigenvalue weighted by molar-refractivity contribution is 8.00. The number of phenolic OH excluding ortho intramolecular Hbond substituents is 4. The van der Waals surface area contributed by atoms with Crippen LogP contribution in [0.3, 0.4) is 0 Å². The van der Waals surface area contributed by atoms with Gasteiger partial charge in [0.25, 0.3) is 0 Å². The molecule has 0 bridgehead atoms. The molecule has 0 saturated heterocycles. The van der Waals surface area contributed by atoms with Crippen molar-refractivity contribution in [3.05, 3.63) is 155 Å². The van der Waals surface area contributed by atoms with Gasteiger partial charge in [-0.25, -0.2) is 0 Å². The highest BCUT2D eigenvalue weighted by Gasteiger charge is 2.25. The van der Waals surface area contributed by atoms with Crippen molar-refractivity contribution >= 4 is 35.3 Å². The van der Waals surface area contributed by atoms with Crippen molar-refractivity contribution in [2.45, 2.75) is 109 Å². The molecule has 0 spiro atoms. The second-order valence-electron chi connectivity index (χ2n) is 17.4. The van der Waals surface area contributed by atoms with Gasteiger partial charge in [0.15, 0.2) is 34.5 Å². The van der Waals surface area contributed by atoms with Crippen LogP contribution in [0.5, 0.6) is 57.5 Å². The molecular formula is C60H52N6O9S3. The standard InChI is InChI=1S/C20H12N2O3S.2C20H20N2O3S/c21-11-13-10-18(23)19(24)17(12-22)20(13)26-16-8-6-15(7-9-16)25-14-4-2-1-3-5-14;2*1-12(2)24-18-9-14(10-21)20(17(11-22)19(18)25-13(3)4)26-16-7-5-15(23)6-8-16/h1-10,23-24H;2*5-9,12-13,23H,1-4H3. The number of para-hydroxylation sites is 1. The third-order valence-electron chi connectivity index (χ3n) is 9.89. The van der Waals surface area contributed by atoms with E-state index in [4.69, 9.17) is 23.7 Å². The van der Waals surface area contributed by atoms with E-state index in [1.54, 1.807) is 84.9 Å². The fourth-order valence-electron chi connectivity index (χ4n) is 6.73. The molecular weight excluding hydrogens is 1040 g/mol. The van der Waals surface area contributed by atoms with Gasteiger partial charge in [0.05, 0.1) is 55.8 Å². The maximum Gasteiger partial charge on any atom is 0.180 e. The minimum Gasteiger partial charge on any atom is -0.508 e. The van der Waals surface area contributed by atoms with E-state index < -0.39 is 11.5 Å². The van der Waals surface area contributed by atoms with E-state index in [1.807, 2.05) is 97.9 Å². The number of phenols is 4. The Hall–Kier alpha value is -9.27. The first-order chi connectivity index (χ1) is 37.3. The lowest BCUT2D eigenvalue weighted by Crippen LogP contribution is -2.13. The normalized spacial score (nSPS) is 10.3. The third-order valence-corrected chi connectivity index (χ3v) is 13.3. The highest BCUT2D eigenvalue weighted by atomic mass is 32.2. The summed E-state index contributed by atoms with van der Waals surface area (Å²) in [5.74, 6) is 2.11. The number of hydrogen-bond acceptors (Lipinski definition) is 18. The molecule has 0 unspecified atom stereocenters. The second kappa shape index (κ2) is 28.6. The fraction of sp³-hybridized carbons (Fsp3) is 0.200. The average Bonchev–Trinajstić information content (AvgIpc) is 3.45. The molecule has 0 heterocycles. The number of nitrogens with zero attached hydrogens (tertiary/aromatic N) is 6. The molecule has 0 aromatic heterocycles. The van der Waals surface area contributed by atoms with Gasteiger partial charge in [-0.05, 0) is 140 Å². The Kier molecular flexibility index (Phi) is 21.8. The van der Waals surface area contributed by atoms with Crippen molar-refractivity contribution in [2.24, 2.45) is 0 Å². The minimum absolute atomic E-state index is 0.117. The summed E-state index contributed by atoms with van der Waals surface area (Å²) >= 11 is 3.71. The maximum atomic E-state index is 9.87. The Morgan fingerprint density at radius 1 is 0.385 bits per heavy atom. The lowest BCUT2D eigenvalue weighted by atomic mass is 10.1. The van der Waals surface area contributed by atoms with Gasteiger partial charge < -0.3 is 44.1 Å². The monoisotopic (exact) mass is 1100 g/mol. The first kappa shape index (κ1) is 59.6. The van der Waals surface area contributed by atoms with E-state index in [2.05, 4.69) is 24.3 Å². The molecule has 394 valence electrons. The zero-order chi connectivity index (χ0) is 57.1. The molecule has 7 aromatic rings. The van der Waals surface area contributed by atoms with Crippen molar-refractivity contribution in [1.29, 1.82) is 31.6 Å². The Morgan fingerprint density at radius 3 is 1.06 bits per heavy atom. The molecule has 78 heavy (non-hydrogen) atoms. The number of ether oxygens (including phenoxy) is 5. The number of benzene rings is 7. The molecule has 0 saturated carbocycles. The van der Waals surface area contributed by atoms with Crippen LogP contribution in [0.4, 0.5) is 0 Å². The van der Waals surface area contributed by atoms with Crippen molar-refractivity contribution in [3.63, 3.8) is 0 Å². The lowest BCUT2D eigenvalue weighted by molar-refractivity contribution is 0.197. The second-order valence-corrected chi connectivity index (χ2v) is 20.7. The van der Waals surface area contributed by atoms with Crippen LogP contribution in [0.25, 0.3) is 0 Å². The van der Waals surface area contributed by atoms with Crippen LogP contribution in [-0.2, 0) is 0 Å². The third kappa shape index (κ3) is 16.4. The molecule has 0 amide bonds. The van der Waals surface area contributed by atoms with Crippen LogP contribution in [0, 0.1) is 68.0 Å². The zero-order valence-corrected chi connectivity index (χ0v) is 46.0. The quantitative estimate of drug-likeness (QED) is 0.0655. The van der Waals surface area contributed by atoms with E-state index in [1.165, 1.54) is 23.5 Å². The van der Waals surface area contributed by atoms with E-state index in [0.717, 1.165) is 38.3 Å². The van der Waals surface area contributed by atoms with Gasteiger partial charge in [-0.3, -0.25) is 0 Å². The molecule has 0 atom stereocenters. The molecule has 0 aliphatic carbocycles. The summed E-state index contributed by atoms with van der Waals surface area (Å²) in [7, 11) is 0. The van der Waals surface area contributed by atoms with Gasteiger partial charge in [-0.2, -0.15) is 31.6 Å². The molecule has 18 heteroatoms. The van der Waals surface area contributed by atoms with Gasteiger partial charge in [-0.1, -0.05) is 53.5 Å². The van der Waals surface area contributed by atoms with E-state index in [9.17, 15) is 52.0 Å². The molecule has 0 aliphatic rings. The first-order valence-electron chi connectivity index (χ1n) is 23.9. The van der Waals surface area contributed by atoms with Gasteiger partial charge in [0.1, 0.15) is 76.1 Å². The zero-order valence-electron chi connectivity index (χ0n) is 43.6. The summed E-state index contributed by atoms with van der Waals surface area (Å²) < 4.78 is 29.0. The lowest BCUT2D eigenvalue weighted by Gasteiger charge is -2.20. The molecule has 0 fully saturated rings. The van der Waals surface area contributed by atoms with Crippen molar-refractivity contribution in [1.82, 2.24) is 0 Å². The van der Waals surface area contributed by atoms with Crippen LogP contribution >= 0.6 is 35.3 Å². The molecule has 7 rings (SSSR count). The Morgan fingerprint density at radius 2 is 0.718 bits per heavy atom. The van der Waals surface area contributed by atoms with Crippen LogP contribution < -0.4 is 23.7 Å². The highest BCUT2D eigenvalue weighted by Crippen LogP contribution is 2.46. The van der Waals surface area contributed by atoms with Crippen molar-refractivity contribution in [2.75, 3.05) is 0 Å². The smallest absolute Gasteiger partial charge is 0.180 e. The molecule has 0 aliphatic heterocycles. The van der Waals surface area contributed by atoms with Crippen LogP contribution in [0.2, 0.25) is 0 Å². The summed E-state index contributed by atoms with van der Waals surface area (Å²) in [6.07, 6.45) is -0.566. The molecule has 7 aromatic carbocycles. The summed E-state index contributed by atoms with van der Waals surface area (Å²) in [6, 6.07) is 46.4. The van der Waals surface area contributed by atoms with E-state index in [-0.39, 0.29) is 58.2 Å². The molecule has 0 radical (unpaired) electrons. The van der Waals surface area contributed by atoms with Gasteiger partial charge in [-0.15, -0.1) is 0 Å². The van der Waals surface area contributed by atoms with Crippen LogP contribution in [-0.4, -0.2) is 44.8 Å². The summed E-state index contributed by atoms with van der Waals surface area (Å²) in [5.41, 5.74) is 1.21. The summed E-state index contributed by atoms with van der Waals surface area (Å²) in [4.78, 5) is 3.65. The Bertz CT molecular complexity index is 3330. The van der Waals surface area contributed by atoms with Crippen molar-refractivity contribution in [3.8, 4) is 93.9 Å². The first-order valence-corrected chi connectivity index (χ1v) is 26.3. The molecule has 15 nitrogen and oxygen atoms in total. The van der Waals surface area contributed by atoms with Gasteiger partial charge >= 0.3 is 0 Å². The fourth-order valence-corrected chi connectivity index (χ4v) is 9.62. The van der Waals surface area contributed by atoms with Crippen LogP contribution in [0.1, 0.15) is 88.8 Å². The van der Waals surface area contributed by atoms with Gasteiger partial charge in [0, 0.05) is 32.9 Å². The Balaban J connectivity index is 0.000000216. The van der Waals surface area contributed by atoms with E-state index >= 15 is 0 Å².